The normalized spacial score (nSPS) is 21.2. The molecule has 2 N–H and O–H groups in total. The first-order valence-electron chi connectivity index (χ1n) is 10.3. The molecule has 4 aromatic rings. The first-order chi connectivity index (χ1) is 14.7. The van der Waals surface area contributed by atoms with Crippen LogP contribution in [0.1, 0.15) is 55.3 Å². The largest absolute Gasteiger partial charge is 0.479 e. The zero-order valence-corrected chi connectivity index (χ0v) is 17.4. The van der Waals surface area contributed by atoms with Gasteiger partial charge in [-0.2, -0.15) is 5.10 Å². The van der Waals surface area contributed by atoms with Crippen LogP contribution in [0.4, 0.5) is 8.78 Å². The summed E-state index contributed by atoms with van der Waals surface area (Å²) in [6.45, 7) is 5.79. The van der Waals surface area contributed by atoms with Crippen molar-refractivity contribution in [2.24, 2.45) is 0 Å². The molecule has 31 heavy (non-hydrogen) atoms. The van der Waals surface area contributed by atoms with E-state index in [0.29, 0.717) is 16.7 Å². The molecule has 3 aromatic heterocycles. The maximum absolute atomic E-state index is 14.6. The summed E-state index contributed by atoms with van der Waals surface area (Å²) in [7, 11) is 0. The van der Waals surface area contributed by atoms with Crippen LogP contribution in [0.15, 0.2) is 30.5 Å². The molecule has 0 unspecified atom stereocenters. The molecule has 1 saturated carbocycles. The van der Waals surface area contributed by atoms with Crippen molar-refractivity contribution in [3.63, 3.8) is 0 Å². The average molecular weight is 424 g/mol. The van der Waals surface area contributed by atoms with Crippen LogP contribution in [-0.4, -0.2) is 36.5 Å². The summed E-state index contributed by atoms with van der Waals surface area (Å²) in [6.07, 6.45) is 1.50. The highest BCUT2D eigenvalue weighted by molar-refractivity contribution is 5.94. The molecule has 1 fully saturated rings. The first-order valence-corrected chi connectivity index (χ1v) is 10.3. The van der Waals surface area contributed by atoms with E-state index in [1.807, 2.05) is 24.5 Å². The SMILES string of the molecule is Cc1cc(-n2c(C(C)C)c(C3CC(F)(C(=O)O)C3)c3nc4[nH]ncc4cc32)ccc1F. The number of aromatic amines is 1. The number of fused-ring (bicyclic) bond motifs is 2. The molecule has 0 saturated heterocycles. The fraction of sp³-hybridized carbons (Fsp3) is 0.348. The molecule has 0 spiro atoms. The second kappa shape index (κ2) is 6.60. The number of nitrogens with zero attached hydrogens (tertiary/aromatic N) is 3. The third kappa shape index (κ3) is 2.85. The first kappa shape index (κ1) is 19.7. The van der Waals surface area contributed by atoms with Crippen molar-refractivity contribution in [3.8, 4) is 5.69 Å². The number of hydrogen-bond acceptors (Lipinski definition) is 3. The van der Waals surface area contributed by atoms with Gasteiger partial charge in [0.25, 0.3) is 0 Å². The summed E-state index contributed by atoms with van der Waals surface area (Å²) >= 11 is 0. The number of carbonyl (C=O) groups is 1. The molecular formula is C23H22F2N4O2. The van der Waals surface area contributed by atoms with Gasteiger partial charge in [-0.15, -0.1) is 0 Å². The van der Waals surface area contributed by atoms with E-state index in [1.54, 1.807) is 25.3 Å². The molecule has 3 heterocycles. The van der Waals surface area contributed by atoms with E-state index in [-0.39, 0.29) is 30.5 Å². The quantitative estimate of drug-likeness (QED) is 0.475. The fourth-order valence-corrected chi connectivity index (χ4v) is 4.73. The number of rotatable bonds is 4. The summed E-state index contributed by atoms with van der Waals surface area (Å²) in [4.78, 5) is 16.1. The van der Waals surface area contributed by atoms with Gasteiger partial charge in [0.2, 0.25) is 5.67 Å². The number of aromatic nitrogens is 4. The molecular weight excluding hydrogens is 402 g/mol. The number of benzene rings is 1. The number of aliphatic carboxylic acids is 1. The minimum Gasteiger partial charge on any atom is -0.479 e. The number of aryl methyl sites for hydroxylation is 1. The molecule has 1 aromatic carbocycles. The van der Waals surface area contributed by atoms with Crippen LogP contribution in [0.25, 0.3) is 27.8 Å². The standard InChI is InChI=1S/C23H22F2N4O2/c1-11(2)20-18(14-8-23(25,9-14)22(30)31)19-17(7-13-10-26-28-21(13)27-19)29(20)15-4-5-16(24)12(3)6-15/h4-7,10-11,14H,8-9H2,1-3H3,(H,30,31)(H,26,27,28). The van der Waals surface area contributed by atoms with Crippen molar-refractivity contribution in [1.29, 1.82) is 0 Å². The summed E-state index contributed by atoms with van der Waals surface area (Å²) in [5.74, 6) is -1.93. The Kier molecular flexibility index (Phi) is 4.19. The molecule has 0 radical (unpaired) electrons. The Morgan fingerprint density at radius 1 is 1.32 bits per heavy atom. The van der Waals surface area contributed by atoms with Crippen molar-refractivity contribution >= 4 is 28.0 Å². The highest BCUT2D eigenvalue weighted by atomic mass is 19.1. The second-order valence-electron chi connectivity index (χ2n) is 8.76. The van der Waals surface area contributed by atoms with E-state index < -0.39 is 11.6 Å². The number of pyridine rings is 1. The molecule has 1 aliphatic rings. The van der Waals surface area contributed by atoms with Crippen LogP contribution in [0, 0.1) is 12.7 Å². The Bertz CT molecular complexity index is 1350. The molecule has 0 aliphatic heterocycles. The lowest BCUT2D eigenvalue weighted by molar-refractivity contribution is -0.158. The molecule has 0 amide bonds. The highest BCUT2D eigenvalue weighted by Gasteiger charge is 2.53. The van der Waals surface area contributed by atoms with Gasteiger partial charge < -0.3 is 9.67 Å². The third-order valence-electron chi connectivity index (χ3n) is 6.30. The fourth-order valence-electron chi connectivity index (χ4n) is 4.73. The lowest BCUT2D eigenvalue weighted by Crippen LogP contribution is -2.45. The average Bonchev–Trinajstić information content (AvgIpc) is 3.27. The highest BCUT2D eigenvalue weighted by Crippen LogP contribution is 2.52. The van der Waals surface area contributed by atoms with E-state index in [0.717, 1.165) is 27.8 Å². The van der Waals surface area contributed by atoms with E-state index in [2.05, 4.69) is 10.2 Å². The van der Waals surface area contributed by atoms with E-state index in [1.165, 1.54) is 6.07 Å². The van der Waals surface area contributed by atoms with E-state index in [9.17, 15) is 18.7 Å². The second-order valence-corrected chi connectivity index (χ2v) is 8.76. The number of nitrogens with one attached hydrogen (secondary N) is 1. The van der Waals surface area contributed by atoms with Gasteiger partial charge in [0.05, 0.1) is 17.2 Å². The predicted octanol–water partition coefficient (Wildman–Crippen LogP) is 5.14. The Morgan fingerprint density at radius 2 is 2.06 bits per heavy atom. The van der Waals surface area contributed by atoms with Gasteiger partial charge in [0.15, 0.2) is 5.65 Å². The van der Waals surface area contributed by atoms with Gasteiger partial charge in [-0.3, -0.25) is 5.10 Å². The van der Waals surface area contributed by atoms with Crippen LogP contribution < -0.4 is 0 Å². The Hall–Kier alpha value is -3.29. The van der Waals surface area contributed by atoms with Crippen LogP contribution in [0.3, 0.4) is 0 Å². The number of carboxylic acids is 1. The van der Waals surface area contributed by atoms with Gasteiger partial charge in [-0.05, 0) is 61.4 Å². The topological polar surface area (TPSA) is 83.8 Å². The number of halogens is 2. The number of H-pyrrole nitrogens is 1. The summed E-state index contributed by atoms with van der Waals surface area (Å²) in [6, 6.07) is 6.90. The van der Waals surface area contributed by atoms with Crippen molar-refractivity contribution < 1.29 is 18.7 Å². The zero-order valence-electron chi connectivity index (χ0n) is 17.4. The Morgan fingerprint density at radius 3 is 2.71 bits per heavy atom. The number of hydrogen-bond donors (Lipinski definition) is 2. The van der Waals surface area contributed by atoms with E-state index >= 15 is 0 Å². The lowest BCUT2D eigenvalue weighted by atomic mass is 9.68. The Labute approximate surface area is 176 Å². The van der Waals surface area contributed by atoms with Crippen molar-refractivity contribution in [2.45, 2.75) is 51.1 Å². The maximum atomic E-state index is 14.6. The van der Waals surface area contributed by atoms with Gasteiger partial charge >= 0.3 is 5.97 Å². The van der Waals surface area contributed by atoms with Crippen molar-refractivity contribution in [3.05, 3.63) is 53.1 Å². The lowest BCUT2D eigenvalue weighted by Gasteiger charge is -2.38. The van der Waals surface area contributed by atoms with Crippen LogP contribution >= 0.6 is 0 Å². The molecule has 0 atom stereocenters. The number of carboxylic acid groups (broad SMARTS) is 1. The van der Waals surface area contributed by atoms with Crippen LogP contribution in [0.2, 0.25) is 0 Å². The number of alkyl halides is 1. The van der Waals surface area contributed by atoms with Gasteiger partial charge in [0, 0.05) is 22.3 Å². The summed E-state index contributed by atoms with van der Waals surface area (Å²) in [5, 5.41) is 17.0. The Balaban J connectivity index is 1.82. The molecule has 160 valence electrons. The molecule has 5 rings (SSSR count). The third-order valence-corrected chi connectivity index (χ3v) is 6.30. The molecule has 6 nitrogen and oxygen atoms in total. The van der Waals surface area contributed by atoms with Crippen LogP contribution in [-0.2, 0) is 4.79 Å². The summed E-state index contributed by atoms with van der Waals surface area (Å²) in [5.41, 5.74) is 3.01. The maximum Gasteiger partial charge on any atom is 0.341 e. The van der Waals surface area contributed by atoms with Gasteiger partial charge in [-0.1, -0.05) is 13.8 Å². The van der Waals surface area contributed by atoms with Gasteiger partial charge in [0.1, 0.15) is 5.82 Å². The smallest absolute Gasteiger partial charge is 0.341 e. The minimum absolute atomic E-state index is 0.0467. The molecule has 0 bridgehead atoms. The van der Waals surface area contributed by atoms with Crippen LogP contribution in [0.5, 0.6) is 0 Å². The minimum atomic E-state index is -2.21. The molecule has 8 heteroatoms. The zero-order chi connectivity index (χ0) is 22.1. The van der Waals surface area contributed by atoms with Crippen molar-refractivity contribution in [2.75, 3.05) is 0 Å². The monoisotopic (exact) mass is 424 g/mol. The van der Waals surface area contributed by atoms with E-state index in [4.69, 9.17) is 4.98 Å². The summed E-state index contributed by atoms with van der Waals surface area (Å²) < 4.78 is 30.7. The van der Waals surface area contributed by atoms with Gasteiger partial charge in [-0.25, -0.2) is 18.6 Å². The van der Waals surface area contributed by atoms with Crippen molar-refractivity contribution in [1.82, 2.24) is 19.7 Å². The predicted molar refractivity (Wildman–Crippen MR) is 113 cm³/mol. The molecule has 1 aliphatic carbocycles.